The van der Waals surface area contributed by atoms with Crippen molar-refractivity contribution in [1.82, 2.24) is 20.6 Å². The Kier molecular flexibility index (Phi) is 17.6. The van der Waals surface area contributed by atoms with Crippen LogP contribution in [0.2, 0.25) is 15.1 Å². The van der Waals surface area contributed by atoms with E-state index in [4.69, 9.17) is 53.8 Å². The molecule has 0 unspecified atom stereocenters. The van der Waals surface area contributed by atoms with E-state index in [9.17, 15) is 40.5 Å². The first-order valence-corrected chi connectivity index (χ1v) is 22.5. The van der Waals surface area contributed by atoms with Gasteiger partial charge in [-0.2, -0.15) is 10.5 Å². The Bertz CT molecular complexity index is 2780. The number of nitriles is 2. The second-order valence-electron chi connectivity index (χ2n) is 16.5. The minimum atomic E-state index is -1.65. The van der Waals surface area contributed by atoms with E-state index in [2.05, 4.69) is 20.6 Å². The van der Waals surface area contributed by atoms with Crippen LogP contribution >= 0.6 is 34.8 Å². The summed E-state index contributed by atoms with van der Waals surface area (Å²) in [5, 5.41) is 64.3. The van der Waals surface area contributed by atoms with Crippen molar-refractivity contribution in [3.63, 3.8) is 0 Å². The molecule has 0 saturated heterocycles. The van der Waals surface area contributed by atoms with Crippen LogP contribution in [-0.2, 0) is 49.1 Å². The van der Waals surface area contributed by atoms with Crippen LogP contribution in [0.25, 0.3) is 11.1 Å². The van der Waals surface area contributed by atoms with Gasteiger partial charge in [0.2, 0.25) is 0 Å². The number of halogens is 3. The van der Waals surface area contributed by atoms with Gasteiger partial charge in [-0.25, -0.2) is 0 Å². The Balaban J connectivity index is 1.22. The molecule has 0 aliphatic rings. The summed E-state index contributed by atoms with van der Waals surface area (Å²) in [5.41, 5.74) is 3.43. The molecule has 2 aromatic heterocycles. The van der Waals surface area contributed by atoms with Gasteiger partial charge in [0.15, 0.2) is 0 Å². The predicted octanol–water partition coefficient (Wildman–Crippen LogP) is 8.32. The van der Waals surface area contributed by atoms with Gasteiger partial charge in [-0.1, -0.05) is 71.2 Å². The van der Waals surface area contributed by atoms with E-state index in [-0.39, 0.29) is 61.1 Å². The van der Waals surface area contributed by atoms with Crippen molar-refractivity contribution in [3.05, 3.63) is 163 Å². The summed E-state index contributed by atoms with van der Waals surface area (Å²) in [5.74, 6) is -1.36. The molecule has 0 radical (unpaired) electrons. The van der Waals surface area contributed by atoms with Crippen molar-refractivity contribution in [3.8, 4) is 46.3 Å². The lowest BCUT2D eigenvalue weighted by atomic mass is 9.95. The third-order valence-electron chi connectivity index (χ3n) is 11.4. The lowest BCUT2D eigenvalue weighted by molar-refractivity contribution is -0.146. The fourth-order valence-corrected chi connectivity index (χ4v) is 7.58. The second-order valence-corrected chi connectivity index (χ2v) is 17.7. The molecular weight excluding hydrogens is 963 g/mol. The zero-order valence-electron chi connectivity index (χ0n) is 38.1. The molecule has 0 fully saturated rings. The number of carboxylic acids is 2. The smallest absolute Gasteiger partial charge is 0.326 e. The van der Waals surface area contributed by atoms with Crippen molar-refractivity contribution < 1.29 is 49.0 Å². The molecule has 362 valence electrons. The topological polar surface area (TPSA) is 249 Å². The number of aliphatic carboxylic acids is 2. The zero-order valence-corrected chi connectivity index (χ0v) is 40.3. The summed E-state index contributed by atoms with van der Waals surface area (Å²) in [6, 6.07) is 25.0. The van der Waals surface area contributed by atoms with Crippen molar-refractivity contribution in [2.45, 2.75) is 71.4 Å². The molecule has 6 aromatic rings. The van der Waals surface area contributed by atoms with Crippen LogP contribution in [0.3, 0.4) is 0 Å². The maximum Gasteiger partial charge on any atom is 0.326 e. The molecule has 2 heterocycles. The molecule has 0 amide bonds. The average molecular weight is 1010 g/mol. The molecule has 70 heavy (non-hydrogen) atoms. The number of aliphatic hydroxyl groups excluding tert-OH is 2. The number of ether oxygens (including phenoxy) is 4. The molecule has 2 atom stereocenters. The quantitative estimate of drug-likeness (QED) is 0.0353. The Morgan fingerprint density at radius 3 is 1.47 bits per heavy atom. The summed E-state index contributed by atoms with van der Waals surface area (Å²) >= 11 is 20.6. The van der Waals surface area contributed by atoms with Crippen molar-refractivity contribution in [1.29, 1.82) is 10.5 Å². The number of benzene rings is 4. The van der Waals surface area contributed by atoms with Crippen LogP contribution in [0.15, 0.2) is 97.6 Å². The summed E-state index contributed by atoms with van der Waals surface area (Å²) in [6.07, 6.45) is 5.98. The van der Waals surface area contributed by atoms with Crippen LogP contribution in [0.1, 0.15) is 63.9 Å². The normalized spacial score (nSPS) is 12.7. The molecule has 0 aliphatic heterocycles. The third kappa shape index (κ3) is 12.8. The van der Waals surface area contributed by atoms with E-state index in [0.29, 0.717) is 61.0 Å². The van der Waals surface area contributed by atoms with Crippen molar-refractivity contribution in [2.75, 3.05) is 13.2 Å². The predicted molar refractivity (Wildman–Crippen MR) is 260 cm³/mol. The largest absolute Gasteiger partial charge is 0.488 e. The van der Waals surface area contributed by atoms with Gasteiger partial charge in [-0.15, -0.1) is 0 Å². The molecule has 6 rings (SSSR count). The van der Waals surface area contributed by atoms with Crippen LogP contribution in [0.4, 0.5) is 0 Å². The van der Waals surface area contributed by atoms with Gasteiger partial charge in [0.25, 0.3) is 0 Å². The number of nitrogens with one attached hydrogen (secondary N) is 2. The number of carboxylic acid groups (broad SMARTS) is 2. The lowest BCUT2D eigenvalue weighted by Crippen LogP contribution is -2.52. The SMILES string of the molecule is Cc1c(COc2cc(OCc3cncc(C#N)c3)c(CN[C@@](C)(CO)C(=O)O)cc2Cl)cccc1-c1cccc(COc2cc(OCc3cncc(C#N)c3)c(CN[C@@](C)(CO)C(=O)O)cc2Cl)c1Cl. The fourth-order valence-electron chi connectivity index (χ4n) is 6.82. The summed E-state index contributed by atoms with van der Waals surface area (Å²) in [6.45, 7) is 3.32. The zero-order chi connectivity index (χ0) is 50.6. The maximum absolute atomic E-state index is 11.9. The number of aromatic nitrogens is 2. The van der Waals surface area contributed by atoms with E-state index in [1.165, 1.54) is 26.2 Å². The van der Waals surface area contributed by atoms with Crippen LogP contribution in [-0.4, -0.2) is 66.6 Å². The lowest BCUT2D eigenvalue weighted by Gasteiger charge is -2.25. The molecule has 19 heteroatoms. The molecule has 0 bridgehead atoms. The molecular formula is C51H47Cl3N6O10. The third-order valence-corrected chi connectivity index (χ3v) is 12.4. The van der Waals surface area contributed by atoms with Crippen molar-refractivity contribution >= 4 is 46.7 Å². The molecule has 0 saturated carbocycles. The number of aliphatic hydroxyl groups is 2. The second kappa shape index (κ2) is 23.5. The van der Waals surface area contributed by atoms with Crippen LogP contribution < -0.4 is 29.6 Å². The first kappa shape index (κ1) is 52.4. The highest BCUT2D eigenvalue weighted by atomic mass is 35.5. The maximum atomic E-state index is 11.9. The minimum absolute atomic E-state index is 0.00868. The van der Waals surface area contributed by atoms with Gasteiger partial charge in [0.1, 0.15) is 72.6 Å². The Morgan fingerprint density at radius 2 is 1.03 bits per heavy atom. The van der Waals surface area contributed by atoms with Gasteiger partial charge < -0.3 is 39.4 Å². The van der Waals surface area contributed by atoms with Gasteiger partial charge >= 0.3 is 11.9 Å². The van der Waals surface area contributed by atoms with E-state index >= 15 is 0 Å². The van der Waals surface area contributed by atoms with E-state index < -0.39 is 36.2 Å². The molecule has 0 spiro atoms. The Labute approximate surface area is 418 Å². The monoisotopic (exact) mass is 1010 g/mol. The average Bonchev–Trinajstić information content (AvgIpc) is 3.36. The first-order chi connectivity index (χ1) is 33.5. The molecule has 16 nitrogen and oxygen atoms in total. The summed E-state index contributed by atoms with van der Waals surface area (Å²) < 4.78 is 24.9. The van der Waals surface area contributed by atoms with Crippen LogP contribution in [0.5, 0.6) is 23.0 Å². The minimum Gasteiger partial charge on any atom is -0.488 e. The molecule has 6 N–H and O–H groups in total. The number of hydrogen-bond acceptors (Lipinski definition) is 14. The Morgan fingerprint density at radius 1 is 0.600 bits per heavy atom. The number of carbonyl (C=O) groups is 2. The first-order valence-electron chi connectivity index (χ1n) is 21.4. The number of nitrogens with zero attached hydrogens (tertiary/aromatic N) is 4. The highest BCUT2D eigenvalue weighted by molar-refractivity contribution is 6.34. The highest BCUT2D eigenvalue weighted by Gasteiger charge is 2.33. The van der Waals surface area contributed by atoms with Gasteiger partial charge in [-0.3, -0.25) is 30.2 Å². The molecule has 0 aliphatic carbocycles. The molecule has 4 aromatic carbocycles. The van der Waals surface area contributed by atoms with Crippen LogP contribution in [0, 0.1) is 29.6 Å². The van der Waals surface area contributed by atoms with E-state index in [0.717, 1.165) is 16.7 Å². The Hall–Kier alpha value is -6.99. The van der Waals surface area contributed by atoms with Gasteiger partial charge in [0, 0.05) is 83.4 Å². The van der Waals surface area contributed by atoms with E-state index in [1.807, 2.05) is 55.5 Å². The van der Waals surface area contributed by atoms with Gasteiger partial charge in [0.05, 0.1) is 39.4 Å². The van der Waals surface area contributed by atoms with Crippen molar-refractivity contribution in [2.24, 2.45) is 0 Å². The summed E-state index contributed by atoms with van der Waals surface area (Å²) in [7, 11) is 0. The van der Waals surface area contributed by atoms with Gasteiger partial charge in [-0.05, 0) is 61.7 Å². The van der Waals surface area contributed by atoms with E-state index in [1.54, 1.807) is 48.8 Å². The fraction of sp³-hybridized carbons (Fsp3) is 0.255. The number of pyridine rings is 2. The number of rotatable bonds is 23. The highest BCUT2D eigenvalue weighted by Crippen LogP contribution is 2.39. The standard InChI is InChI=1S/C51H47Cl3N6O10/c1-30-35(26-69-45-14-43(67-24-33-10-31(16-55)18-57-20-33)37(12-41(45)52)22-59-50(2,28-61)48(63)64)6-4-8-39(30)40-9-5-7-36(47(40)54)27-70-46-15-44(68-25-34-11-32(17-56)19-58-21-34)38(13-42(46)53)23-60-51(3,29-62)49(65)66/h4-15,18-21,59-62H,22-29H2,1-3H3,(H,63,64)(H,65,66)/t50-,51-/m0/s1. The number of hydrogen-bond donors (Lipinski definition) is 6. The summed E-state index contributed by atoms with van der Waals surface area (Å²) in [4.78, 5) is 32.0.